The second kappa shape index (κ2) is 5.96. The quantitative estimate of drug-likeness (QED) is 0.806. The number of rotatable bonds is 3. The first kappa shape index (κ1) is 14.8. The van der Waals surface area contributed by atoms with Gasteiger partial charge in [0.2, 0.25) is 5.88 Å². The van der Waals surface area contributed by atoms with Crippen LogP contribution in [0.1, 0.15) is 10.5 Å². The van der Waals surface area contributed by atoms with Gasteiger partial charge in [-0.1, -0.05) is 12.1 Å². The first-order valence-corrected chi connectivity index (χ1v) is 6.65. The molecule has 0 saturated carbocycles. The van der Waals surface area contributed by atoms with Gasteiger partial charge >= 0.3 is 0 Å². The van der Waals surface area contributed by atoms with Crippen molar-refractivity contribution in [2.45, 2.75) is 0 Å². The van der Waals surface area contributed by atoms with Crippen LogP contribution in [0, 0.1) is 11.6 Å². The van der Waals surface area contributed by atoms with Gasteiger partial charge in [0.15, 0.2) is 17.3 Å². The summed E-state index contributed by atoms with van der Waals surface area (Å²) in [6.07, 6.45) is 0. The number of methoxy groups -OCH3 is 1. The number of hydrogen-bond acceptors (Lipinski definition) is 4. The summed E-state index contributed by atoms with van der Waals surface area (Å²) in [5.74, 6) is -2.64. The molecule has 3 rings (SSSR count). The van der Waals surface area contributed by atoms with Crippen molar-refractivity contribution in [2.75, 3.05) is 12.4 Å². The van der Waals surface area contributed by atoms with Gasteiger partial charge in [-0.3, -0.25) is 4.79 Å². The fourth-order valence-corrected chi connectivity index (χ4v) is 2.04. The summed E-state index contributed by atoms with van der Waals surface area (Å²) >= 11 is 0. The Balaban J connectivity index is 1.97. The van der Waals surface area contributed by atoms with Gasteiger partial charge in [0.1, 0.15) is 0 Å². The molecule has 116 valence electrons. The lowest BCUT2D eigenvalue weighted by Gasteiger charge is -2.09. The maximum atomic E-state index is 13.2. The minimum atomic E-state index is -1.06. The van der Waals surface area contributed by atoms with Gasteiger partial charge in [-0.2, -0.15) is 0 Å². The van der Waals surface area contributed by atoms with Crippen LogP contribution in [0.2, 0.25) is 0 Å². The fourth-order valence-electron chi connectivity index (χ4n) is 2.04. The van der Waals surface area contributed by atoms with E-state index >= 15 is 0 Å². The zero-order valence-electron chi connectivity index (χ0n) is 12.0. The number of anilines is 1. The van der Waals surface area contributed by atoms with Gasteiger partial charge in [-0.05, 0) is 24.3 Å². The number of ether oxygens (including phenoxy) is 1. The third-order valence-corrected chi connectivity index (χ3v) is 3.12. The molecule has 5 nitrogen and oxygen atoms in total. The van der Waals surface area contributed by atoms with E-state index in [4.69, 9.17) is 4.74 Å². The monoisotopic (exact) mass is 315 g/mol. The second-order valence-electron chi connectivity index (χ2n) is 4.65. The van der Waals surface area contributed by atoms with Crippen molar-refractivity contribution in [1.82, 2.24) is 9.97 Å². The van der Waals surface area contributed by atoms with E-state index in [1.54, 1.807) is 24.3 Å². The number of amides is 1. The third kappa shape index (κ3) is 2.94. The molecule has 23 heavy (non-hydrogen) atoms. The van der Waals surface area contributed by atoms with Crippen LogP contribution in [0.4, 0.5) is 14.5 Å². The van der Waals surface area contributed by atoms with E-state index in [9.17, 15) is 13.6 Å². The number of benzene rings is 2. The highest BCUT2D eigenvalue weighted by molar-refractivity contribution is 6.05. The molecule has 1 amide bonds. The molecule has 1 N–H and O–H groups in total. The summed E-state index contributed by atoms with van der Waals surface area (Å²) in [6.45, 7) is 0. The normalized spacial score (nSPS) is 10.6. The van der Waals surface area contributed by atoms with E-state index < -0.39 is 17.5 Å². The molecule has 1 aromatic heterocycles. The number of carbonyl (C=O) groups is 1. The lowest BCUT2D eigenvalue weighted by molar-refractivity contribution is 0.101. The Bertz CT molecular complexity index is 900. The number of hydrogen-bond donors (Lipinski definition) is 1. The van der Waals surface area contributed by atoms with Crippen molar-refractivity contribution in [3.63, 3.8) is 0 Å². The number of aromatic nitrogens is 2. The molecule has 2 aromatic carbocycles. The average molecular weight is 315 g/mol. The first-order chi connectivity index (χ1) is 11.1. The highest BCUT2D eigenvalue weighted by Crippen LogP contribution is 2.20. The number of fused-ring (bicyclic) bond motifs is 1. The van der Waals surface area contributed by atoms with Crippen LogP contribution in [0.5, 0.6) is 5.88 Å². The zero-order valence-corrected chi connectivity index (χ0v) is 12.0. The van der Waals surface area contributed by atoms with E-state index in [-0.39, 0.29) is 17.3 Å². The minimum absolute atomic E-state index is 0.0452. The highest BCUT2D eigenvalue weighted by atomic mass is 19.2. The molecule has 7 heteroatoms. The molecule has 0 radical (unpaired) electrons. The van der Waals surface area contributed by atoms with E-state index in [2.05, 4.69) is 15.3 Å². The van der Waals surface area contributed by atoms with Gasteiger partial charge in [-0.15, -0.1) is 0 Å². The number of nitrogens with zero attached hydrogens (tertiary/aromatic N) is 2. The largest absolute Gasteiger partial charge is 0.479 e. The molecule has 3 aromatic rings. The van der Waals surface area contributed by atoms with E-state index in [1.807, 2.05) is 0 Å². The molecule has 0 saturated heterocycles. The molecule has 0 fully saturated rings. The maximum Gasteiger partial charge on any atom is 0.279 e. The van der Waals surface area contributed by atoms with Crippen molar-refractivity contribution in [2.24, 2.45) is 0 Å². The minimum Gasteiger partial charge on any atom is -0.479 e. The Morgan fingerprint density at radius 3 is 2.39 bits per heavy atom. The summed E-state index contributed by atoms with van der Waals surface area (Å²) < 4.78 is 31.2. The molecule has 0 aliphatic carbocycles. The van der Waals surface area contributed by atoms with Gasteiger partial charge in [0, 0.05) is 11.8 Å². The number of halogens is 2. The Kier molecular flexibility index (Phi) is 3.84. The topological polar surface area (TPSA) is 64.1 Å². The van der Waals surface area contributed by atoms with Crippen LogP contribution in [-0.4, -0.2) is 23.0 Å². The molecule has 0 unspecified atom stereocenters. The Hall–Kier alpha value is -3.09. The summed E-state index contributed by atoms with van der Waals surface area (Å²) in [5.41, 5.74) is 1.15. The average Bonchev–Trinajstić information content (AvgIpc) is 2.57. The third-order valence-electron chi connectivity index (χ3n) is 3.12. The van der Waals surface area contributed by atoms with Gasteiger partial charge in [0.05, 0.1) is 18.1 Å². The second-order valence-corrected chi connectivity index (χ2v) is 4.65. The summed E-state index contributed by atoms with van der Waals surface area (Å²) in [4.78, 5) is 20.7. The van der Waals surface area contributed by atoms with Crippen LogP contribution in [0.3, 0.4) is 0 Å². The van der Waals surface area contributed by atoms with E-state index in [0.29, 0.717) is 11.0 Å². The smallest absolute Gasteiger partial charge is 0.279 e. The molecule has 0 bridgehead atoms. The van der Waals surface area contributed by atoms with Crippen LogP contribution in [0.25, 0.3) is 11.0 Å². The van der Waals surface area contributed by atoms with Crippen LogP contribution < -0.4 is 10.1 Å². The Labute approximate surface area is 129 Å². The highest BCUT2D eigenvalue weighted by Gasteiger charge is 2.18. The molecule has 0 atom stereocenters. The van der Waals surface area contributed by atoms with Crippen molar-refractivity contribution in [3.8, 4) is 5.88 Å². The fraction of sp³-hybridized carbons (Fsp3) is 0.0625. The maximum absolute atomic E-state index is 13.2. The van der Waals surface area contributed by atoms with Crippen molar-refractivity contribution in [1.29, 1.82) is 0 Å². The SMILES string of the molecule is COc1nc2ccccc2nc1C(=O)Nc1ccc(F)c(F)c1. The lowest BCUT2D eigenvalue weighted by atomic mass is 10.2. The van der Waals surface area contributed by atoms with Crippen LogP contribution in [0.15, 0.2) is 42.5 Å². The Morgan fingerprint density at radius 2 is 1.74 bits per heavy atom. The van der Waals surface area contributed by atoms with Crippen molar-refractivity contribution < 1.29 is 18.3 Å². The molecular formula is C16H11F2N3O2. The predicted octanol–water partition coefficient (Wildman–Crippen LogP) is 3.17. The molecule has 0 aliphatic heterocycles. The zero-order chi connectivity index (χ0) is 16.4. The summed E-state index contributed by atoms with van der Waals surface area (Å²) in [5, 5.41) is 2.44. The number of nitrogens with one attached hydrogen (secondary N) is 1. The van der Waals surface area contributed by atoms with E-state index in [1.165, 1.54) is 13.2 Å². The number of carbonyl (C=O) groups excluding carboxylic acids is 1. The molecular weight excluding hydrogens is 304 g/mol. The molecule has 0 spiro atoms. The number of para-hydroxylation sites is 2. The van der Waals surface area contributed by atoms with Crippen molar-refractivity contribution >= 4 is 22.6 Å². The van der Waals surface area contributed by atoms with Gasteiger partial charge < -0.3 is 10.1 Å². The molecule has 0 aliphatic rings. The standard InChI is InChI=1S/C16H11F2N3O2/c1-23-16-14(20-12-4-2-3-5-13(12)21-16)15(22)19-9-6-7-10(17)11(18)8-9/h2-8H,1H3,(H,19,22). The van der Waals surface area contributed by atoms with Crippen molar-refractivity contribution in [3.05, 3.63) is 59.8 Å². The van der Waals surface area contributed by atoms with Gasteiger partial charge in [-0.25, -0.2) is 18.7 Å². The van der Waals surface area contributed by atoms with Gasteiger partial charge in [0.25, 0.3) is 5.91 Å². The lowest BCUT2D eigenvalue weighted by Crippen LogP contribution is -2.16. The summed E-state index contributed by atoms with van der Waals surface area (Å²) in [7, 11) is 1.37. The van der Waals surface area contributed by atoms with E-state index in [0.717, 1.165) is 12.1 Å². The first-order valence-electron chi connectivity index (χ1n) is 6.65. The van der Waals surface area contributed by atoms with Crippen LogP contribution in [-0.2, 0) is 0 Å². The molecule has 1 heterocycles. The van der Waals surface area contributed by atoms with Crippen LogP contribution >= 0.6 is 0 Å². The summed E-state index contributed by atoms with van der Waals surface area (Å²) in [6, 6.07) is 10.1. The Morgan fingerprint density at radius 1 is 1.04 bits per heavy atom. The predicted molar refractivity (Wildman–Crippen MR) is 80.4 cm³/mol.